The van der Waals surface area contributed by atoms with Gasteiger partial charge in [0.15, 0.2) is 0 Å². The Balaban J connectivity index is 3.22. The summed E-state index contributed by atoms with van der Waals surface area (Å²) in [5.41, 5.74) is 5.46. The maximum Gasteiger partial charge on any atom is 0.244 e. The van der Waals surface area contributed by atoms with Gasteiger partial charge in [0, 0.05) is 24.1 Å². The van der Waals surface area contributed by atoms with Gasteiger partial charge in [-0.05, 0) is 25.1 Å². The van der Waals surface area contributed by atoms with Gasteiger partial charge in [-0.2, -0.15) is 4.31 Å². The highest BCUT2D eigenvalue weighted by Gasteiger charge is 2.26. The molecule has 1 atom stereocenters. The van der Waals surface area contributed by atoms with Gasteiger partial charge in [0.25, 0.3) is 0 Å². The topological polar surface area (TPSA) is 63.4 Å². The monoisotopic (exact) mass is 340 g/mol. The fourth-order valence-corrected chi connectivity index (χ4v) is 3.61. The number of rotatable bonds is 4. The highest BCUT2D eigenvalue weighted by molar-refractivity contribution is 9.10. The Bertz CT molecular complexity index is 507. The molecule has 0 bridgehead atoms. The smallest absolute Gasteiger partial charge is 0.244 e. The van der Waals surface area contributed by atoms with Gasteiger partial charge < -0.3 is 5.73 Å². The number of nitrogens with zero attached hydrogens (tertiary/aromatic N) is 1. The van der Waals surface area contributed by atoms with Crippen molar-refractivity contribution >= 4 is 37.6 Å². The van der Waals surface area contributed by atoms with E-state index in [0.717, 1.165) is 4.47 Å². The van der Waals surface area contributed by atoms with Crippen LogP contribution in [0.4, 0.5) is 0 Å². The van der Waals surface area contributed by atoms with Crippen LogP contribution in [0.15, 0.2) is 27.6 Å². The summed E-state index contributed by atoms with van der Waals surface area (Å²) in [4.78, 5) is 0.0881. The van der Waals surface area contributed by atoms with Crippen LogP contribution in [0.1, 0.15) is 6.92 Å². The summed E-state index contributed by atoms with van der Waals surface area (Å²) >= 11 is 9.17. The molecule has 17 heavy (non-hydrogen) atoms. The summed E-state index contributed by atoms with van der Waals surface area (Å²) in [5.74, 6) is 0. The SMILES string of the molecule is CC(CN)N(C)S(=O)(=O)c1ccc(Br)cc1Cl. The molecule has 0 saturated carbocycles. The molecule has 0 radical (unpaired) electrons. The molecule has 1 rings (SSSR count). The number of hydrogen-bond donors (Lipinski definition) is 1. The molecule has 0 aliphatic carbocycles. The van der Waals surface area contributed by atoms with Crippen LogP contribution < -0.4 is 5.73 Å². The van der Waals surface area contributed by atoms with E-state index in [2.05, 4.69) is 15.9 Å². The van der Waals surface area contributed by atoms with E-state index in [0.29, 0.717) is 0 Å². The van der Waals surface area contributed by atoms with Gasteiger partial charge in [-0.15, -0.1) is 0 Å². The Morgan fingerprint density at radius 3 is 2.59 bits per heavy atom. The minimum Gasteiger partial charge on any atom is -0.329 e. The van der Waals surface area contributed by atoms with Crippen molar-refractivity contribution in [1.82, 2.24) is 4.31 Å². The van der Waals surface area contributed by atoms with Crippen molar-refractivity contribution in [2.24, 2.45) is 5.73 Å². The zero-order valence-electron chi connectivity index (χ0n) is 9.52. The van der Waals surface area contributed by atoms with Gasteiger partial charge >= 0.3 is 0 Å². The number of halogens is 2. The molecule has 0 aliphatic rings. The molecule has 0 amide bonds. The summed E-state index contributed by atoms with van der Waals surface area (Å²) in [6.45, 7) is 1.99. The Labute approximate surface area is 115 Å². The van der Waals surface area contributed by atoms with Gasteiger partial charge in [0.05, 0.1) is 5.02 Å². The second-order valence-electron chi connectivity index (χ2n) is 3.68. The van der Waals surface area contributed by atoms with E-state index in [1.54, 1.807) is 19.1 Å². The third kappa shape index (κ3) is 3.20. The van der Waals surface area contributed by atoms with Gasteiger partial charge in [-0.25, -0.2) is 8.42 Å². The predicted octanol–water partition coefficient (Wildman–Crippen LogP) is 2.07. The molecule has 1 aromatic rings. The van der Waals surface area contributed by atoms with Crippen LogP contribution in [0.5, 0.6) is 0 Å². The molecule has 0 saturated heterocycles. The molecule has 1 aromatic carbocycles. The largest absolute Gasteiger partial charge is 0.329 e. The van der Waals surface area contributed by atoms with Crippen molar-refractivity contribution in [3.8, 4) is 0 Å². The Morgan fingerprint density at radius 1 is 1.53 bits per heavy atom. The molecule has 0 heterocycles. The molecule has 1 unspecified atom stereocenters. The van der Waals surface area contributed by atoms with Gasteiger partial charge in [0.1, 0.15) is 4.90 Å². The van der Waals surface area contributed by atoms with Crippen molar-refractivity contribution in [3.63, 3.8) is 0 Å². The van der Waals surface area contributed by atoms with Crippen molar-refractivity contribution in [1.29, 1.82) is 0 Å². The molecular weight excluding hydrogens is 328 g/mol. The average Bonchev–Trinajstić information content (AvgIpc) is 2.26. The van der Waals surface area contributed by atoms with Crippen LogP contribution in [0, 0.1) is 0 Å². The molecule has 4 nitrogen and oxygen atoms in total. The molecule has 0 aromatic heterocycles. The summed E-state index contributed by atoms with van der Waals surface area (Å²) in [6, 6.07) is 4.39. The maximum atomic E-state index is 12.2. The first-order chi connectivity index (χ1) is 7.80. The molecule has 2 N–H and O–H groups in total. The lowest BCUT2D eigenvalue weighted by atomic mass is 10.4. The lowest BCUT2D eigenvalue weighted by molar-refractivity contribution is 0.394. The zero-order valence-corrected chi connectivity index (χ0v) is 12.7. The van der Waals surface area contributed by atoms with Gasteiger partial charge in [-0.3, -0.25) is 0 Å². The molecule has 0 fully saturated rings. The standard InChI is InChI=1S/C10H14BrClN2O2S/c1-7(6-13)14(2)17(15,16)10-4-3-8(11)5-9(10)12/h3-5,7H,6,13H2,1-2H3. The lowest BCUT2D eigenvalue weighted by Crippen LogP contribution is -2.39. The third-order valence-corrected chi connectivity index (χ3v) is 5.46. The van der Waals surface area contributed by atoms with Crippen molar-refractivity contribution < 1.29 is 8.42 Å². The Hall–Kier alpha value is -0.140. The van der Waals surface area contributed by atoms with E-state index in [9.17, 15) is 8.42 Å². The highest BCUT2D eigenvalue weighted by atomic mass is 79.9. The Morgan fingerprint density at radius 2 is 2.12 bits per heavy atom. The number of sulfonamides is 1. The zero-order chi connectivity index (χ0) is 13.2. The first kappa shape index (κ1) is 14.9. The van der Waals surface area contributed by atoms with E-state index < -0.39 is 10.0 Å². The molecule has 96 valence electrons. The van der Waals surface area contributed by atoms with E-state index >= 15 is 0 Å². The number of nitrogens with two attached hydrogens (primary N) is 1. The highest BCUT2D eigenvalue weighted by Crippen LogP contribution is 2.27. The van der Waals surface area contributed by atoms with Crippen LogP contribution >= 0.6 is 27.5 Å². The van der Waals surface area contributed by atoms with Crippen molar-refractivity contribution in [3.05, 3.63) is 27.7 Å². The van der Waals surface area contributed by atoms with E-state index in [4.69, 9.17) is 17.3 Å². The van der Waals surface area contributed by atoms with Crippen molar-refractivity contribution in [2.75, 3.05) is 13.6 Å². The fourth-order valence-electron chi connectivity index (χ4n) is 1.22. The van der Waals surface area contributed by atoms with Crippen LogP contribution in [0.3, 0.4) is 0 Å². The molecular formula is C10H14BrClN2O2S. The fraction of sp³-hybridized carbons (Fsp3) is 0.400. The van der Waals surface area contributed by atoms with Crippen molar-refractivity contribution in [2.45, 2.75) is 17.9 Å². The summed E-state index contributed by atoms with van der Waals surface area (Å²) < 4.78 is 26.4. The summed E-state index contributed by atoms with van der Waals surface area (Å²) in [6.07, 6.45) is 0. The molecule has 0 spiro atoms. The second-order valence-corrected chi connectivity index (χ2v) is 6.97. The number of hydrogen-bond acceptors (Lipinski definition) is 3. The predicted molar refractivity (Wildman–Crippen MR) is 72.6 cm³/mol. The maximum absolute atomic E-state index is 12.2. The van der Waals surface area contributed by atoms with E-state index in [-0.39, 0.29) is 22.5 Å². The lowest BCUT2D eigenvalue weighted by Gasteiger charge is -2.23. The minimum atomic E-state index is -3.60. The van der Waals surface area contributed by atoms with Crippen LogP contribution in [-0.2, 0) is 10.0 Å². The van der Waals surface area contributed by atoms with Crippen LogP contribution in [0.25, 0.3) is 0 Å². The van der Waals surface area contributed by atoms with Gasteiger partial charge in [0.2, 0.25) is 10.0 Å². The summed E-state index contributed by atoms with van der Waals surface area (Å²) in [5, 5.41) is 0.190. The first-order valence-electron chi connectivity index (χ1n) is 4.94. The Kier molecular flexibility index (Phi) is 4.97. The van der Waals surface area contributed by atoms with Gasteiger partial charge in [-0.1, -0.05) is 27.5 Å². The summed E-state index contributed by atoms with van der Waals surface area (Å²) in [7, 11) is -2.11. The first-order valence-corrected chi connectivity index (χ1v) is 7.55. The number of likely N-dealkylation sites (N-methyl/N-ethyl adjacent to an activating group) is 1. The third-order valence-electron chi connectivity index (χ3n) is 2.51. The average molecular weight is 342 g/mol. The molecule has 0 aliphatic heterocycles. The normalized spacial score (nSPS) is 14.0. The van der Waals surface area contributed by atoms with Crippen LogP contribution in [0.2, 0.25) is 5.02 Å². The van der Waals surface area contributed by atoms with E-state index in [1.165, 1.54) is 17.4 Å². The van der Waals surface area contributed by atoms with Crippen LogP contribution in [-0.4, -0.2) is 32.4 Å². The number of benzene rings is 1. The quantitative estimate of drug-likeness (QED) is 0.912. The van der Waals surface area contributed by atoms with E-state index in [1.807, 2.05) is 0 Å². The second kappa shape index (κ2) is 5.67. The molecule has 7 heteroatoms. The minimum absolute atomic E-state index is 0.0881.